The fraction of sp³-hybridized carbons (Fsp3) is 0.385. The molecular formula is C13H18N4O6S. The van der Waals surface area contributed by atoms with Crippen LogP contribution in [0.3, 0.4) is 0 Å². The Bertz CT molecular complexity index is 826. The minimum atomic E-state index is -2.09. The molecule has 0 aliphatic heterocycles. The Balaban J connectivity index is 3.51. The van der Waals surface area contributed by atoms with Gasteiger partial charge in [-0.15, -0.1) is 0 Å². The van der Waals surface area contributed by atoms with Crippen molar-refractivity contribution in [3.05, 3.63) is 43.6 Å². The van der Waals surface area contributed by atoms with E-state index in [0.717, 1.165) is 12.4 Å². The third-order valence-corrected chi connectivity index (χ3v) is 4.13. The van der Waals surface area contributed by atoms with Crippen molar-refractivity contribution in [3.63, 3.8) is 0 Å². The zero-order valence-corrected chi connectivity index (χ0v) is 13.9. The van der Waals surface area contributed by atoms with Gasteiger partial charge in [0.25, 0.3) is 0 Å². The molecule has 11 heteroatoms. The van der Waals surface area contributed by atoms with Crippen molar-refractivity contribution in [3.8, 4) is 0 Å². The summed E-state index contributed by atoms with van der Waals surface area (Å²) in [6.45, 7) is 2.48. The summed E-state index contributed by atoms with van der Waals surface area (Å²) in [6, 6.07) is 0. The van der Waals surface area contributed by atoms with Gasteiger partial charge in [-0.1, -0.05) is 12.2 Å². The first-order valence-electron chi connectivity index (χ1n) is 6.81. The quantitative estimate of drug-likeness (QED) is 0.561. The Morgan fingerprint density at radius 1 is 1.12 bits per heavy atom. The molecule has 1 heterocycles. The maximum atomic E-state index is 12.3. The van der Waals surface area contributed by atoms with Crippen LogP contribution >= 0.6 is 0 Å². The van der Waals surface area contributed by atoms with Gasteiger partial charge in [-0.05, 0) is 13.8 Å². The average Bonchev–Trinajstić information content (AvgIpc) is 2.51. The van der Waals surface area contributed by atoms with Gasteiger partial charge in [-0.3, -0.25) is 9.00 Å². The van der Waals surface area contributed by atoms with Crippen molar-refractivity contribution < 1.29 is 14.1 Å². The number of carbonyl (C=O) groups excluding carboxylic acids is 1. The van der Waals surface area contributed by atoms with Gasteiger partial charge in [0, 0.05) is 12.4 Å². The average molecular weight is 358 g/mol. The largest absolute Gasteiger partial charge is 0.378 e. The Morgan fingerprint density at radius 2 is 1.58 bits per heavy atom. The Kier molecular flexibility index (Phi) is 6.80. The van der Waals surface area contributed by atoms with Crippen LogP contribution < -0.4 is 22.8 Å². The molecule has 0 bridgehead atoms. The smallest absolute Gasteiger partial charge is 0.344 e. The molecule has 3 N–H and O–H groups in total. The number of aliphatic hydroxyl groups is 1. The summed E-state index contributed by atoms with van der Waals surface area (Å²) in [7, 11) is -2.09. The number of aromatic nitrogens is 3. The van der Waals surface area contributed by atoms with Gasteiger partial charge in [-0.25, -0.2) is 28.1 Å². The van der Waals surface area contributed by atoms with E-state index in [1.54, 1.807) is 13.8 Å². The second-order valence-electron chi connectivity index (χ2n) is 4.61. The third-order valence-electron chi connectivity index (χ3n) is 2.81. The molecule has 24 heavy (non-hydrogen) atoms. The maximum Gasteiger partial charge on any atom is 0.344 e. The molecule has 0 spiro atoms. The highest BCUT2D eigenvalue weighted by Crippen LogP contribution is 1.95. The molecule has 1 aromatic heterocycles. The zero-order chi connectivity index (χ0) is 18.4. The fourth-order valence-corrected chi connectivity index (χ4v) is 2.59. The molecule has 0 radical (unpaired) electrons. The molecule has 2 unspecified atom stereocenters. The lowest BCUT2D eigenvalue weighted by Crippen LogP contribution is -2.53. The standard InChI is InChI=1S/C13H18N4O6S/c1-3-5-15-11(20)16(6-4-2)13(22)17(12(15)21)7-10(19)24(23)8-9(14)18/h3-6,10,19H,7-8H2,1-2H3,(H2,14,18)/b5-3+,6-4+. The van der Waals surface area contributed by atoms with Crippen molar-refractivity contribution in [1.29, 1.82) is 0 Å². The van der Waals surface area contributed by atoms with Gasteiger partial charge >= 0.3 is 17.1 Å². The van der Waals surface area contributed by atoms with Gasteiger partial charge in [0.15, 0.2) is 0 Å². The highest BCUT2D eigenvalue weighted by molar-refractivity contribution is 7.86. The molecule has 1 amide bonds. The number of hydrogen-bond donors (Lipinski definition) is 2. The second kappa shape index (κ2) is 8.36. The molecule has 132 valence electrons. The molecule has 0 aliphatic rings. The summed E-state index contributed by atoms with van der Waals surface area (Å²) in [5, 5.41) is 9.84. The summed E-state index contributed by atoms with van der Waals surface area (Å²) in [5.74, 6) is -1.52. The number of rotatable bonds is 7. The lowest BCUT2D eigenvalue weighted by atomic mass is 10.6. The second-order valence-corrected chi connectivity index (χ2v) is 6.20. The predicted molar refractivity (Wildman–Crippen MR) is 89.4 cm³/mol. The van der Waals surface area contributed by atoms with E-state index in [9.17, 15) is 28.5 Å². The fourth-order valence-electron chi connectivity index (χ4n) is 1.81. The first-order chi connectivity index (χ1) is 11.2. The summed E-state index contributed by atoms with van der Waals surface area (Å²) in [5.41, 5.74) is 0.322. The van der Waals surface area contributed by atoms with Crippen LogP contribution in [0, 0.1) is 0 Å². The third kappa shape index (κ3) is 4.26. The van der Waals surface area contributed by atoms with Crippen molar-refractivity contribution in [2.45, 2.75) is 25.8 Å². The highest BCUT2D eigenvalue weighted by atomic mass is 32.2. The van der Waals surface area contributed by atoms with Crippen molar-refractivity contribution >= 4 is 29.1 Å². The predicted octanol–water partition coefficient (Wildman–Crippen LogP) is -2.29. The van der Waals surface area contributed by atoms with Crippen LogP contribution in [0.2, 0.25) is 0 Å². The van der Waals surface area contributed by atoms with E-state index in [1.165, 1.54) is 12.2 Å². The highest BCUT2D eigenvalue weighted by Gasteiger charge is 2.20. The van der Waals surface area contributed by atoms with Crippen LogP contribution in [0.4, 0.5) is 0 Å². The van der Waals surface area contributed by atoms with E-state index in [4.69, 9.17) is 5.73 Å². The van der Waals surface area contributed by atoms with E-state index < -0.39 is 51.5 Å². The summed E-state index contributed by atoms with van der Waals surface area (Å²) in [4.78, 5) is 47.4. The van der Waals surface area contributed by atoms with Crippen LogP contribution in [-0.2, 0) is 22.1 Å². The lowest BCUT2D eigenvalue weighted by molar-refractivity contribution is -0.115. The van der Waals surface area contributed by atoms with Crippen molar-refractivity contribution in [2.24, 2.45) is 5.73 Å². The number of allylic oxidation sites excluding steroid dienone is 2. The minimum Gasteiger partial charge on any atom is -0.378 e. The van der Waals surface area contributed by atoms with E-state index in [0.29, 0.717) is 13.7 Å². The molecule has 0 aliphatic carbocycles. The molecule has 1 rings (SSSR count). The van der Waals surface area contributed by atoms with Gasteiger partial charge in [-0.2, -0.15) is 0 Å². The van der Waals surface area contributed by atoms with E-state index in [-0.39, 0.29) is 0 Å². The van der Waals surface area contributed by atoms with E-state index >= 15 is 0 Å². The molecule has 0 saturated carbocycles. The van der Waals surface area contributed by atoms with Gasteiger partial charge < -0.3 is 10.8 Å². The van der Waals surface area contributed by atoms with Crippen LogP contribution in [0.5, 0.6) is 0 Å². The number of aliphatic hydroxyl groups excluding tert-OH is 1. The molecule has 0 aromatic carbocycles. The van der Waals surface area contributed by atoms with Gasteiger partial charge in [0.1, 0.15) is 11.2 Å². The maximum absolute atomic E-state index is 12.3. The molecule has 10 nitrogen and oxygen atoms in total. The normalized spacial score (nSPS) is 14.3. The SMILES string of the molecule is C/C=C/n1c(=O)n(/C=C/C)c(=O)n(CC(O)S(=O)CC(N)=O)c1=O. The van der Waals surface area contributed by atoms with Crippen LogP contribution in [0.25, 0.3) is 12.4 Å². The van der Waals surface area contributed by atoms with E-state index in [1.807, 2.05) is 0 Å². The molecule has 2 atom stereocenters. The monoisotopic (exact) mass is 358 g/mol. The van der Waals surface area contributed by atoms with E-state index in [2.05, 4.69) is 0 Å². The first-order valence-corrected chi connectivity index (χ1v) is 8.19. The summed E-state index contributed by atoms with van der Waals surface area (Å²) < 4.78 is 13.6. The summed E-state index contributed by atoms with van der Waals surface area (Å²) in [6.07, 6.45) is 5.15. The molecule has 0 fully saturated rings. The number of nitrogens with zero attached hydrogens (tertiary/aromatic N) is 3. The van der Waals surface area contributed by atoms with Crippen molar-refractivity contribution in [2.75, 3.05) is 5.75 Å². The molecular weight excluding hydrogens is 340 g/mol. The number of nitrogens with two attached hydrogens (primary N) is 1. The Hall–Kier alpha value is -2.53. The van der Waals surface area contributed by atoms with Crippen LogP contribution in [-0.4, -0.2) is 40.1 Å². The summed E-state index contributed by atoms with van der Waals surface area (Å²) >= 11 is 0. The first kappa shape index (κ1) is 19.5. The molecule has 0 saturated heterocycles. The van der Waals surface area contributed by atoms with Gasteiger partial charge in [0.2, 0.25) is 5.91 Å². The van der Waals surface area contributed by atoms with Gasteiger partial charge in [0.05, 0.1) is 17.3 Å². The number of carbonyl (C=O) groups is 1. The number of primary amides is 1. The Labute approximate surface area is 138 Å². The van der Waals surface area contributed by atoms with Crippen LogP contribution in [0.1, 0.15) is 13.8 Å². The zero-order valence-electron chi connectivity index (χ0n) is 13.1. The van der Waals surface area contributed by atoms with Crippen LogP contribution in [0.15, 0.2) is 26.5 Å². The number of hydrogen-bond acceptors (Lipinski definition) is 6. The Morgan fingerprint density at radius 3 is 1.96 bits per heavy atom. The number of amides is 1. The minimum absolute atomic E-state index is 0.560. The lowest BCUT2D eigenvalue weighted by Gasteiger charge is -2.13. The van der Waals surface area contributed by atoms with Crippen molar-refractivity contribution in [1.82, 2.24) is 13.7 Å². The topological polar surface area (TPSA) is 146 Å². The molecule has 1 aromatic rings.